The van der Waals surface area contributed by atoms with Crippen LogP contribution in [-0.4, -0.2) is 24.4 Å². The molecular formula is C18H20ClFN2O. The Hall–Kier alpha value is -1.91. The molecule has 2 aromatic rings. The monoisotopic (exact) mass is 334 g/mol. The molecule has 1 amide bonds. The van der Waals surface area contributed by atoms with E-state index in [0.29, 0.717) is 11.6 Å². The maximum atomic E-state index is 12.8. The quantitative estimate of drug-likeness (QED) is 0.871. The van der Waals surface area contributed by atoms with Gasteiger partial charge in [-0.25, -0.2) is 4.39 Å². The number of halogens is 2. The Labute approximate surface area is 141 Å². The van der Waals surface area contributed by atoms with Crippen LogP contribution >= 0.6 is 11.6 Å². The van der Waals surface area contributed by atoms with E-state index in [1.54, 1.807) is 12.1 Å². The van der Waals surface area contributed by atoms with Crippen molar-refractivity contribution in [3.63, 3.8) is 0 Å². The van der Waals surface area contributed by atoms with E-state index >= 15 is 0 Å². The third kappa shape index (κ3) is 5.05. The van der Waals surface area contributed by atoms with Gasteiger partial charge in [0.05, 0.1) is 6.54 Å². The zero-order valence-corrected chi connectivity index (χ0v) is 14.0. The van der Waals surface area contributed by atoms with Crippen molar-refractivity contribution in [1.82, 2.24) is 10.2 Å². The van der Waals surface area contributed by atoms with Crippen molar-refractivity contribution in [2.45, 2.75) is 19.5 Å². The van der Waals surface area contributed by atoms with Crippen LogP contribution in [0.2, 0.25) is 5.02 Å². The Morgan fingerprint density at radius 3 is 2.52 bits per heavy atom. The minimum atomic E-state index is -0.284. The molecule has 23 heavy (non-hydrogen) atoms. The van der Waals surface area contributed by atoms with E-state index in [1.807, 2.05) is 43.1 Å². The van der Waals surface area contributed by atoms with Crippen LogP contribution in [0.1, 0.15) is 24.1 Å². The molecule has 0 aliphatic rings. The third-order valence-electron chi connectivity index (χ3n) is 3.81. The molecule has 0 bridgehead atoms. The summed E-state index contributed by atoms with van der Waals surface area (Å²) in [5.41, 5.74) is 1.85. The molecule has 0 saturated carbocycles. The zero-order valence-electron chi connectivity index (χ0n) is 13.2. The van der Waals surface area contributed by atoms with Gasteiger partial charge in [0.2, 0.25) is 5.91 Å². The van der Waals surface area contributed by atoms with Gasteiger partial charge in [-0.05, 0) is 43.3 Å². The molecule has 0 aliphatic carbocycles. The molecule has 0 radical (unpaired) electrons. The van der Waals surface area contributed by atoms with Crippen LogP contribution in [0.25, 0.3) is 0 Å². The van der Waals surface area contributed by atoms with Crippen LogP contribution in [-0.2, 0) is 11.3 Å². The maximum Gasteiger partial charge on any atom is 0.234 e. The Kier molecular flexibility index (Phi) is 6.13. The summed E-state index contributed by atoms with van der Waals surface area (Å²) in [6.07, 6.45) is 0. The molecule has 2 aromatic carbocycles. The highest BCUT2D eigenvalue weighted by Gasteiger charge is 2.16. The normalized spacial score (nSPS) is 12.2. The summed E-state index contributed by atoms with van der Waals surface area (Å²) in [7, 11) is 1.88. The predicted molar refractivity (Wildman–Crippen MR) is 90.7 cm³/mol. The van der Waals surface area contributed by atoms with Crippen LogP contribution < -0.4 is 5.32 Å². The minimum absolute atomic E-state index is 0.0280. The molecule has 0 fully saturated rings. The molecule has 1 N–H and O–H groups in total. The molecule has 0 spiro atoms. The molecule has 2 rings (SSSR count). The SMILES string of the molecule is CC(c1ccccc1Cl)N(C)CC(=O)NCc1ccc(F)cc1. The number of nitrogens with one attached hydrogen (secondary N) is 1. The van der Waals surface area contributed by atoms with Gasteiger partial charge in [0, 0.05) is 17.6 Å². The Morgan fingerprint density at radius 1 is 1.22 bits per heavy atom. The first-order valence-electron chi connectivity index (χ1n) is 7.43. The summed E-state index contributed by atoms with van der Waals surface area (Å²) in [6, 6.07) is 13.7. The maximum absolute atomic E-state index is 12.8. The molecule has 0 aliphatic heterocycles. The first-order valence-corrected chi connectivity index (χ1v) is 7.81. The fourth-order valence-electron chi connectivity index (χ4n) is 2.27. The number of carbonyl (C=O) groups excluding carboxylic acids is 1. The molecule has 1 atom stereocenters. The number of amides is 1. The summed E-state index contributed by atoms with van der Waals surface area (Å²) in [5, 5.41) is 3.53. The fourth-order valence-corrected chi connectivity index (χ4v) is 2.57. The molecule has 3 nitrogen and oxygen atoms in total. The lowest BCUT2D eigenvalue weighted by Crippen LogP contribution is -2.36. The topological polar surface area (TPSA) is 32.3 Å². The van der Waals surface area contributed by atoms with E-state index in [-0.39, 0.29) is 24.3 Å². The summed E-state index contributed by atoms with van der Waals surface area (Å²) in [5.74, 6) is -0.371. The number of hydrogen-bond acceptors (Lipinski definition) is 2. The summed E-state index contributed by atoms with van der Waals surface area (Å²) in [6.45, 7) is 2.65. The molecule has 0 heterocycles. The van der Waals surface area contributed by atoms with Crippen molar-refractivity contribution in [2.24, 2.45) is 0 Å². The number of benzene rings is 2. The van der Waals surface area contributed by atoms with E-state index in [1.165, 1.54) is 12.1 Å². The van der Waals surface area contributed by atoms with Crippen LogP contribution in [0.5, 0.6) is 0 Å². The van der Waals surface area contributed by atoms with Crippen molar-refractivity contribution >= 4 is 17.5 Å². The summed E-state index contributed by atoms with van der Waals surface area (Å²) < 4.78 is 12.8. The van der Waals surface area contributed by atoms with Gasteiger partial charge < -0.3 is 5.32 Å². The highest BCUT2D eigenvalue weighted by molar-refractivity contribution is 6.31. The Bertz CT molecular complexity index is 660. The molecular weight excluding hydrogens is 315 g/mol. The van der Waals surface area contributed by atoms with Crippen molar-refractivity contribution in [3.8, 4) is 0 Å². The molecule has 1 unspecified atom stereocenters. The Balaban J connectivity index is 1.87. The second kappa shape index (κ2) is 8.09. The number of rotatable bonds is 6. The van der Waals surface area contributed by atoms with Crippen LogP contribution in [0.3, 0.4) is 0 Å². The molecule has 0 saturated heterocycles. The van der Waals surface area contributed by atoms with Gasteiger partial charge in [-0.2, -0.15) is 0 Å². The lowest BCUT2D eigenvalue weighted by atomic mass is 10.1. The van der Waals surface area contributed by atoms with Crippen molar-refractivity contribution < 1.29 is 9.18 Å². The zero-order chi connectivity index (χ0) is 16.8. The van der Waals surface area contributed by atoms with Crippen LogP contribution in [0, 0.1) is 5.82 Å². The predicted octanol–water partition coefficient (Wildman–Crippen LogP) is 3.79. The number of nitrogens with zero attached hydrogens (tertiary/aromatic N) is 1. The van der Waals surface area contributed by atoms with E-state index < -0.39 is 0 Å². The average Bonchev–Trinajstić information content (AvgIpc) is 2.54. The minimum Gasteiger partial charge on any atom is -0.351 e. The second-order valence-electron chi connectivity index (χ2n) is 5.52. The van der Waals surface area contributed by atoms with E-state index in [0.717, 1.165) is 11.1 Å². The third-order valence-corrected chi connectivity index (χ3v) is 4.16. The standard InChI is InChI=1S/C18H20ClFN2O/c1-13(16-5-3-4-6-17(16)19)22(2)12-18(23)21-11-14-7-9-15(20)10-8-14/h3-10,13H,11-12H2,1-2H3,(H,21,23). The smallest absolute Gasteiger partial charge is 0.234 e. The second-order valence-corrected chi connectivity index (χ2v) is 5.92. The van der Waals surface area contributed by atoms with Crippen molar-refractivity contribution in [2.75, 3.05) is 13.6 Å². The Morgan fingerprint density at radius 2 is 1.87 bits per heavy atom. The van der Waals surface area contributed by atoms with Gasteiger partial charge in [-0.3, -0.25) is 9.69 Å². The summed E-state index contributed by atoms with van der Waals surface area (Å²) >= 11 is 6.20. The van der Waals surface area contributed by atoms with Gasteiger partial charge in [-0.15, -0.1) is 0 Å². The van der Waals surface area contributed by atoms with Crippen LogP contribution in [0.15, 0.2) is 48.5 Å². The number of hydrogen-bond donors (Lipinski definition) is 1. The lowest BCUT2D eigenvalue weighted by Gasteiger charge is -2.25. The molecule has 122 valence electrons. The first kappa shape index (κ1) is 17.4. The van der Waals surface area contributed by atoms with Crippen molar-refractivity contribution in [1.29, 1.82) is 0 Å². The van der Waals surface area contributed by atoms with Gasteiger partial charge in [0.25, 0.3) is 0 Å². The van der Waals surface area contributed by atoms with E-state index in [4.69, 9.17) is 11.6 Å². The molecule has 0 aromatic heterocycles. The van der Waals surface area contributed by atoms with Gasteiger partial charge in [-0.1, -0.05) is 41.9 Å². The highest BCUT2D eigenvalue weighted by Crippen LogP contribution is 2.25. The average molecular weight is 335 g/mol. The van der Waals surface area contributed by atoms with Crippen molar-refractivity contribution in [3.05, 3.63) is 70.5 Å². The van der Waals surface area contributed by atoms with E-state index in [2.05, 4.69) is 5.32 Å². The van der Waals surface area contributed by atoms with Gasteiger partial charge in [0.15, 0.2) is 0 Å². The van der Waals surface area contributed by atoms with Crippen LogP contribution in [0.4, 0.5) is 4.39 Å². The fraction of sp³-hybridized carbons (Fsp3) is 0.278. The summed E-state index contributed by atoms with van der Waals surface area (Å²) in [4.78, 5) is 14.0. The number of likely N-dealkylation sites (N-methyl/N-ethyl adjacent to an activating group) is 1. The lowest BCUT2D eigenvalue weighted by molar-refractivity contribution is -0.122. The number of carbonyl (C=O) groups is 1. The van der Waals surface area contributed by atoms with Gasteiger partial charge >= 0.3 is 0 Å². The first-order chi connectivity index (χ1) is 11.0. The molecule has 5 heteroatoms. The highest BCUT2D eigenvalue weighted by atomic mass is 35.5. The van der Waals surface area contributed by atoms with E-state index in [9.17, 15) is 9.18 Å². The van der Waals surface area contributed by atoms with Gasteiger partial charge in [0.1, 0.15) is 5.82 Å². The largest absolute Gasteiger partial charge is 0.351 e.